The molecule has 0 unspecified atom stereocenters. The number of nitrogens with one attached hydrogen (secondary N) is 1. The molecule has 4 aromatic rings. The number of carbonyl (C=O) groups excluding carboxylic acids is 1. The zero-order valence-electron chi connectivity index (χ0n) is 20.8. The van der Waals surface area contributed by atoms with Gasteiger partial charge in [0, 0.05) is 10.4 Å². The van der Waals surface area contributed by atoms with Crippen LogP contribution in [0.15, 0.2) is 40.9 Å². The average Bonchev–Trinajstić information content (AvgIpc) is 3.39. The highest BCUT2D eigenvalue weighted by Crippen LogP contribution is 2.44. The van der Waals surface area contributed by atoms with Crippen molar-refractivity contribution in [3.63, 3.8) is 0 Å². The summed E-state index contributed by atoms with van der Waals surface area (Å²) in [6.07, 6.45) is -2.24. The number of carbonyl (C=O) groups is 1. The van der Waals surface area contributed by atoms with Gasteiger partial charge in [-0.1, -0.05) is 51.1 Å². The number of benzene rings is 1. The second-order valence-electron chi connectivity index (χ2n) is 10.4. The molecular weight excluding hydrogens is 579 g/mol. The van der Waals surface area contributed by atoms with E-state index in [2.05, 4.69) is 58.2 Å². The van der Waals surface area contributed by atoms with E-state index in [1.165, 1.54) is 11.3 Å². The van der Waals surface area contributed by atoms with Gasteiger partial charge in [0.05, 0.1) is 15.7 Å². The molecule has 196 valence electrons. The average molecular weight is 602 g/mol. The van der Waals surface area contributed by atoms with Crippen LogP contribution in [-0.2, 0) is 19.0 Å². The Morgan fingerprint density at radius 2 is 1.95 bits per heavy atom. The van der Waals surface area contributed by atoms with Gasteiger partial charge in [0.25, 0.3) is 5.91 Å². The molecule has 3 heterocycles. The van der Waals surface area contributed by atoms with E-state index in [9.17, 15) is 23.2 Å². The smallest absolute Gasteiger partial charge is 0.311 e. The Kier molecular flexibility index (Phi) is 6.60. The number of alkyl halides is 3. The number of nitriles is 1. The molecule has 0 spiro atoms. The van der Waals surface area contributed by atoms with E-state index >= 15 is 0 Å². The molecule has 0 fully saturated rings. The number of halogens is 4. The first-order valence-corrected chi connectivity index (χ1v) is 13.6. The van der Waals surface area contributed by atoms with Gasteiger partial charge in [-0.15, -0.1) is 11.3 Å². The van der Waals surface area contributed by atoms with Crippen LogP contribution in [-0.4, -0.2) is 20.5 Å². The van der Waals surface area contributed by atoms with Crippen LogP contribution >= 0.6 is 27.3 Å². The highest BCUT2D eigenvalue weighted by molar-refractivity contribution is 9.10. The van der Waals surface area contributed by atoms with Crippen molar-refractivity contribution in [2.75, 3.05) is 5.32 Å². The molecule has 11 heteroatoms. The SMILES string of the molecule is CC(C)(C)[C@@H]1CCc2c(sc(NC(=O)c3nn4c(C(F)(F)F)cc(-c5ccccc5)nc4c3Br)c2C#N)C1. The number of aromatic nitrogens is 3. The molecule has 1 aliphatic carbocycles. The summed E-state index contributed by atoms with van der Waals surface area (Å²) in [5, 5.41) is 17.0. The summed E-state index contributed by atoms with van der Waals surface area (Å²) in [6, 6.07) is 11.6. The van der Waals surface area contributed by atoms with Crippen molar-refractivity contribution in [2.45, 2.75) is 46.2 Å². The molecule has 1 aliphatic rings. The quantitative estimate of drug-likeness (QED) is 0.263. The lowest BCUT2D eigenvalue weighted by molar-refractivity contribution is -0.142. The molecule has 1 N–H and O–H groups in total. The molecule has 0 saturated heterocycles. The second kappa shape index (κ2) is 9.50. The summed E-state index contributed by atoms with van der Waals surface area (Å²) in [6.45, 7) is 6.58. The van der Waals surface area contributed by atoms with Gasteiger partial charge in [0.15, 0.2) is 17.0 Å². The highest BCUT2D eigenvalue weighted by atomic mass is 79.9. The van der Waals surface area contributed by atoms with Crippen LogP contribution < -0.4 is 5.32 Å². The molecule has 6 nitrogen and oxygen atoms in total. The maximum atomic E-state index is 14.0. The van der Waals surface area contributed by atoms with Crippen molar-refractivity contribution in [1.82, 2.24) is 14.6 Å². The van der Waals surface area contributed by atoms with Gasteiger partial charge in [0.1, 0.15) is 11.1 Å². The highest BCUT2D eigenvalue weighted by Gasteiger charge is 2.37. The largest absolute Gasteiger partial charge is 0.433 e. The van der Waals surface area contributed by atoms with Crippen molar-refractivity contribution in [2.24, 2.45) is 11.3 Å². The van der Waals surface area contributed by atoms with E-state index in [1.54, 1.807) is 30.3 Å². The Labute approximate surface area is 229 Å². The van der Waals surface area contributed by atoms with Crippen LogP contribution in [0.5, 0.6) is 0 Å². The van der Waals surface area contributed by atoms with E-state index in [0.717, 1.165) is 35.8 Å². The molecule has 1 aromatic carbocycles. The standard InChI is InChI=1S/C27H23BrF3N5OS/c1-26(2,3)15-9-10-16-17(13-32)25(38-19(16)11-15)34-24(37)22-21(28)23-33-18(14-7-5-4-6-8-14)12-20(27(29,30)31)36(23)35-22/h4-8,12,15H,9-11H2,1-3H3,(H,34,37)/t15-/m1/s1. The maximum absolute atomic E-state index is 14.0. The van der Waals surface area contributed by atoms with E-state index in [4.69, 9.17) is 0 Å². The third-order valence-electron chi connectivity index (χ3n) is 6.94. The predicted molar refractivity (Wildman–Crippen MR) is 143 cm³/mol. The lowest BCUT2D eigenvalue weighted by Gasteiger charge is -2.33. The molecule has 1 amide bonds. The molecule has 0 bridgehead atoms. The minimum absolute atomic E-state index is 0.0332. The fraction of sp³-hybridized carbons (Fsp3) is 0.333. The van der Waals surface area contributed by atoms with E-state index in [0.29, 0.717) is 26.6 Å². The fourth-order valence-electron chi connectivity index (χ4n) is 4.79. The Hall–Kier alpha value is -3.23. The maximum Gasteiger partial charge on any atom is 0.433 e. The van der Waals surface area contributed by atoms with Gasteiger partial charge in [0.2, 0.25) is 0 Å². The van der Waals surface area contributed by atoms with Crippen LogP contribution in [0.3, 0.4) is 0 Å². The fourth-order valence-corrected chi connectivity index (χ4v) is 6.58. The molecular formula is C27H23BrF3N5OS. The normalized spacial score (nSPS) is 15.8. The number of hydrogen-bond acceptors (Lipinski definition) is 5. The third-order valence-corrected chi connectivity index (χ3v) is 8.84. The number of nitrogens with zero attached hydrogens (tertiary/aromatic N) is 4. The number of thiophene rings is 1. The number of anilines is 1. The van der Waals surface area contributed by atoms with Gasteiger partial charge in [-0.25, -0.2) is 9.50 Å². The van der Waals surface area contributed by atoms with E-state index in [-0.39, 0.29) is 26.9 Å². The Morgan fingerprint density at radius 1 is 1.24 bits per heavy atom. The molecule has 5 rings (SSSR count). The summed E-state index contributed by atoms with van der Waals surface area (Å²) in [5.74, 6) is -0.277. The Balaban J connectivity index is 1.54. The van der Waals surface area contributed by atoms with Gasteiger partial charge in [-0.3, -0.25) is 4.79 Å². The summed E-state index contributed by atoms with van der Waals surface area (Å²) < 4.78 is 42.7. The van der Waals surface area contributed by atoms with Crippen LogP contribution in [0.2, 0.25) is 0 Å². The van der Waals surface area contributed by atoms with Gasteiger partial charge < -0.3 is 5.32 Å². The van der Waals surface area contributed by atoms with Gasteiger partial charge >= 0.3 is 6.18 Å². The number of fused-ring (bicyclic) bond motifs is 2. The van der Waals surface area contributed by atoms with Crippen molar-refractivity contribution in [3.8, 4) is 17.3 Å². The summed E-state index contributed by atoms with van der Waals surface area (Å²) in [5.41, 5.74) is 0.612. The minimum atomic E-state index is -4.74. The molecule has 0 saturated carbocycles. The molecule has 38 heavy (non-hydrogen) atoms. The summed E-state index contributed by atoms with van der Waals surface area (Å²) >= 11 is 4.61. The van der Waals surface area contributed by atoms with Crippen molar-refractivity contribution in [1.29, 1.82) is 5.26 Å². The van der Waals surface area contributed by atoms with Crippen LogP contribution in [0.25, 0.3) is 16.9 Å². The predicted octanol–water partition coefficient (Wildman–Crippen LogP) is 7.51. The third kappa shape index (κ3) is 4.71. The second-order valence-corrected chi connectivity index (χ2v) is 12.3. The van der Waals surface area contributed by atoms with Gasteiger partial charge in [-0.2, -0.15) is 23.5 Å². The van der Waals surface area contributed by atoms with E-state index in [1.807, 2.05) is 0 Å². The molecule has 3 aromatic heterocycles. The lowest BCUT2D eigenvalue weighted by Crippen LogP contribution is -2.26. The van der Waals surface area contributed by atoms with E-state index < -0.39 is 17.8 Å². The zero-order chi connectivity index (χ0) is 27.4. The number of rotatable bonds is 3. The van der Waals surface area contributed by atoms with Crippen molar-refractivity contribution in [3.05, 3.63) is 68.3 Å². The molecule has 0 aliphatic heterocycles. The number of amides is 1. The first-order chi connectivity index (χ1) is 17.9. The zero-order valence-corrected chi connectivity index (χ0v) is 23.2. The lowest BCUT2D eigenvalue weighted by atomic mass is 9.72. The Bertz CT molecular complexity index is 1600. The van der Waals surface area contributed by atoms with Crippen LogP contribution in [0, 0.1) is 22.7 Å². The van der Waals surface area contributed by atoms with Crippen molar-refractivity contribution < 1.29 is 18.0 Å². The van der Waals surface area contributed by atoms with Gasteiger partial charge in [-0.05, 0) is 58.2 Å². The van der Waals surface area contributed by atoms with Crippen LogP contribution in [0.4, 0.5) is 18.2 Å². The topological polar surface area (TPSA) is 83.1 Å². The minimum Gasteiger partial charge on any atom is -0.311 e. The van der Waals surface area contributed by atoms with Crippen LogP contribution in [0.1, 0.15) is 59.4 Å². The molecule has 1 atom stereocenters. The first-order valence-electron chi connectivity index (χ1n) is 12.0. The summed E-state index contributed by atoms with van der Waals surface area (Å²) in [7, 11) is 0. The van der Waals surface area contributed by atoms with Crippen molar-refractivity contribution >= 4 is 43.8 Å². The monoisotopic (exact) mass is 601 g/mol. The number of hydrogen-bond donors (Lipinski definition) is 1. The Morgan fingerprint density at radius 3 is 2.58 bits per heavy atom. The first kappa shape index (κ1) is 26.4. The molecule has 0 radical (unpaired) electrons. The summed E-state index contributed by atoms with van der Waals surface area (Å²) in [4.78, 5) is 18.7.